The number of rotatable bonds is 4. The number of phenols is 1. The highest BCUT2D eigenvalue weighted by Gasteiger charge is 2.30. The summed E-state index contributed by atoms with van der Waals surface area (Å²) in [5.74, 6) is 0.117. The lowest BCUT2D eigenvalue weighted by Crippen LogP contribution is -2.38. The van der Waals surface area contributed by atoms with Crippen LogP contribution < -0.4 is 0 Å². The lowest BCUT2D eigenvalue weighted by atomic mass is 10.1. The lowest BCUT2D eigenvalue weighted by Gasteiger charge is -2.28. The summed E-state index contributed by atoms with van der Waals surface area (Å²) in [6, 6.07) is 14.6. The Balaban J connectivity index is 1.70. The van der Waals surface area contributed by atoms with Crippen LogP contribution in [-0.4, -0.2) is 30.9 Å². The quantitative estimate of drug-likeness (QED) is 0.943. The molecule has 0 unspecified atom stereocenters. The van der Waals surface area contributed by atoms with E-state index in [0.717, 1.165) is 12.8 Å². The standard InChI is InChI=1S/C17H19NO3S/c19-16-8-9-17-15(13-16)10-12-18(22(17,20)21)11-4-7-14-5-2-1-3-6-14/h1-3,5-6,8-9,13,19H,4,7,10-12H2. The van der Waals surface area contributed by atoms with Gasteiger partial charge in [0.2, 0.25) is 10.0 Å². The largest absolute Gasteiger partial charge is 0.508 e. The molecule has 0 bridgehead atoms. The molecular weight excluding hydrogens is 298 g/mol. The van der Waals surface area contributed by atoms with E-state index in [9.17, 15) is 13.5 Å². The van der Waals surface area contributed by atoms with Crippen LogP contribution in [0.1, 0.15) is 17.5 Å². The Morgan fingerprint density at radius 3 is 2.64 bits per heavy atom. The van der Waals surface area contributed by atoms with E-state index in [1.54, 1.807) is 10.4 Å². The van der Waals surface area contributed by atoms with Crippen molar-refractivity contribution in [1.29, 1.82) is 0 Å². The first kappa shape index (κ1) is 15.1. The third-order valence-corrected chi connectivity index (χ3v) is 6.01. The Bertz CT molecular complexity index is 757. The first-order chi connectivity index (χ1) is 10.6. The van der Waals surface area contributed by atoms with Crippen molar-refractivity contribution in [3.8, 4) is 5.75 Å². The van der Waals surface area contributed by atoms with Crippen molar-refractivity contribution in [2.24, 2.45) is 0 Å². The molecule has 1 aliphatic rings. The second-order valence-electron chi connectivity index (χ2n) is 5.54. The molecule has 0 aromatic heterocycles. The SMILES string of the molecule is O=S1(=O)c2ccc(O)cc2CCN1CCCc1ccccc1. The zero-order valence-electron chi connectivity index (χ0n) is 12.3. The third kappa shape index (κ3) is 3.00. The summed E-state index contributed by atoms with van der Waals surface area (Å²) in [5, 5.41) is 9.48. The van der Waals surface area contributed by atoms with Crippen LogP contribution in [-0.2, 0) is 22.9 Å². The molecule has 0 saturated heterocycles. The molecule has 116 valence electrons. The molecule has 0 amide bonds. The Morgan fingerprint density at radius 1 is 1.09 bits per heavy atom. The normalized spacial score (nSPS) is 17.1. The highest BCUT2D eigenvalue weighted by Crippen LogP contribution is 2.29. The second-order valence-corrected chi connectivity index (χ2v) is 7.44. The molecule has 4 nitrogen and oxygen atoms in total. The van der Waals surface area contributed by atoms with E-state index in [1.165, 1.54) is 17.7 Å². The highest BCUT2D eigenvalue weighted by atomic mass is 32.2. The van der Waals surface area contributed by atoms with Gasteiger partial charge in [0.15, 0.2) is 0 Å². The van der Waals surface area contributed by atoms with E-state index < -0.39 is 10.0 Å². The number of nitrogens with zero attached hydrogens (tertiary/aromatic N) is 1. The van der Waals surface area contributed by atoms with Gasteiger partial charge in [0.05, 0.1) is 4.90 Å². The molecule has 0 spiro atoms. The summed E-state index contributed by atoms with van der Waals surface area (Å²) < 4.78 is 26.8. The number of fused-ring (bicyclic) bond motifs is 1. The van der Waals surface area contributed by atoms with Gasteiger partial charge in [0, 0.05) is 13.1 Å². The number of aromatic hydroxyl groups is 1. The molecule has 22 heavy (non-hydrogen) atoms. The fourth-order valence-corrected chi connectivity index (χ4v) is 4.57. The van der Waals surface area contributed by atoms with E-state index in [1.807, 2.05) is 18.2 Å². The first-order valence-electron chi connectivity index (χ1n) is 7.43. The number of hydrogen-bond donors (Lipinski definition) is 1. The Kier molecular flexibility index (Phi) is 4.18. The van der Waals surface area contributed by atoms with Crippen LogP contribution in [0.4, 0.5) is 0 Å². The van der Waals surface area contributed by atoms with Crippen molar-refractivity contribution in [1.82, 2.24) is 4.31 Å². The van der Waals surface area contributed by atoms with E-state index >= 15 is 0 Å². The van der Waals surface area contributed by atoms with Crippen LogP contribution in [0.5, 0.6) is 5.75 Å². The van der Waals surface area contributed by atoms with Crippen molar-refractivity contribution in [3.05, 3.63) is 59.7 Å². The number of benzene rings is 2. The molecule has 5 heteroatoms. The molecule has 0 fully saturated rings. The minimum Gasteiger partial charge on any atom is -0.508 e. The molecule has 3 rings (SSSR count). The molecule has 2 aromatic rings. The van der Waals surface area contributed by atoms with Gasteiger partial charge in [-0.15, -0.1) is 0 Å². The van der Waals surface area contributed by atoms with Crippen LogP contribution in [0.3, 0.4) is 0 Å². The van der Waals surface area contributed by atoms with Gasteiger partial charge < -0.3 is 5.11 Å². The first-order valence-corrected chi connectivity index (χ1v) is 8.87. The van der Waals surface area contributed by atoms with Gasteiger partial charge in [-0.05, 0) is 48.6 Å². The van der Waals surface area contributed by atoms with Gasteiger partial charge in [0.25, 0.3) is 0 Å². The molecule has 1 aliphatic heterocycles. The van der Waals surface area contributed by atoms with Gasteiger partial charge in [-0.2, -0.15) is 4.31 Å². The molecule has 1 N–H and O–H groups in total. The van der Waals surface area contributed by atoms with E-state index in [0.29, 0.717) is 30.0 Å². The fourth-order valence-electron chi connectivity index (χ4n) is 2.85. The number of aryl methyl sites for hydroxylation is 1. The predicted octanol–water partition coefficient (Wildman–Crippen LogP) is 2.57. The number of hydrogen-bond acceptors (Lipinski definition) is 3. The minimum atomic E-state index is -3.43. The minimum absolute atomic E-state index is 0.117. The smallest absolute Gasteiger partial charge is 0.243 e. The zero-order valence-corrected chi connectivity index (χ0v) is 13.1. The zero-order chi connectivity index (χ0) is 15.6. The maximum Gasteiger partial charge on any atom is 0.243 e. The topological polar surface area (TPSA) is 57.6 Å². The fraction of sp³-hybridized carbons (Fsp3) is 0.294. The summed E-state index contributed by atoms with van der Waals surface area (Å²) in [5.41, 5.74) is 1.93. The van der Waals surface area contributed by atoms with Gasteiger partial charge in [-0.1, -0.05) is 30.3 Å². The maximum atomic E-state index is 12.6. The molecule has 1 heterocycles. The van der Waals surface area contributed by atoms with Crippen LogP contribution in [0, 0.1) is 0 Å². The number of sulfonamides is 1. The molecule has 2 aromatic carbocycles. The summed E-state index contributed by atoms with van der Waals surface area (Å²) in [7, 11) is -3.43. The molecule has 0 saturated carbocycles. The predicted molar refractivity (Wildman–Crippen MR) is 85.3 cm³/mol. The summed E-state index contributed by atoms with van der Waals surface area (Å²) >= 11 is 0. The van der Waals surface area contributed by atoms with Crippen LogP contribution >= 0.6 is 0 Å². The Morgan fingerprint density at radius 2 is 1.86 bits per heavy atom. The molecule has 0 aliphatic carbocycles. The van der Waals surface area contributed by atoms with Gasteiger partial charge >= 0.3 is 0 Å². The summed E-state index contributed by atoms with van der Waals surface area (Å²) in [6.45, 7) is 1.01. The lowest BCUT2D eigenvalue weighted by molar-refractivity contribution is 0.394. The maximum absolute atomic E-state index is 12.6. The van der Waals surface area contributed by atoms with Gasteiger partial charge in [-0.25, -0.2) is 8.42 Å². The van der Waals surface area contributed by atoms with Crippen molar-refractivity contribution >= 4 is 10.0 Å². The average molecular weight is 317 g/mol. The molecule has 0 radical (unpaired) electrons. The van der Waals surface area contributed by atoms with Crippen molar-refractivity contribution in [3.63, 3.8) is 0 Å². The van der Waals surface area contributed by atoms with Crippen LogP contribution in [0.15, 0.2) is 53.4 Å². The Labute approximate surface area is 131 Å². The summed E-state index contributed by atoms with van der Waals surface area (Å²) in [4.78, 5) is 0.330. The summed E-state index contributed by atoms with van der Waals surface area (Å²) in [6.07, 6.45) is 2.32. The molecule has 0 atom stereocenters. The van der Waals surface area contributed by atoms with E-state index in [-0.39, 0.29) is 5.75 Å². The van der Waals surface area contributed by atoms with E-state index in [2.05, 4.69) is 12.1 Å². The highest BCUT2D eigenvalue weighted by molar-refractivity contribution is 7.89. The van der Waals surface area contributed by atoms with Crippen LogP contribution in [0.2, 0.25) is 0 Å². The second kappa shape index (κ2) is 6.10. The van der Waals surface area contributed by atoms with Crippen molar-refractivity contribution in [2.45, 2.75) is 24.2 Å². The van der Waals surface area contributed by atoms with Gasteiger partial charge in [-0.3, -0.25) is 0 Å². The number of phenolic OH excluding ortho intramolecular Hbond substituents is 1. The molecular formula is C17H19NO3S. The monoisotopic (exact) mass is 317 g/mol. The average Bonchev–Trinajstić information content (AvgIpc) is 2.50. The van der Waals surface area contributed by atoms with Crippen LogP contribution in [0.25, 0.3) is 0 Å². The third-order valence-electron chi connectivity index (χ3n) is 4.01. The Hall–Kier alpha value is -1.85. The van der Waals surface area contributed by atoms with Crippen molar-refractivity contribution in [2.75, 3.05) is 13.1 Å². The van der Waals surface area contributed by atoms with Crippen molar-refractivity contribution < 1.29 is 13.5 Å². The van der Waals surface area contributed by atoms with Gasteiger partial charge in [0.1, 0.15) is 5.75 Å². The van der Waals surface area contributed by atoms with E-state index in [4.69, 9.17) is 0 Å².